The molecule has 0 aliphatic carbocycles. The van der Waals surface area contributed by atoms with Gasteiger partial charge in [-0.25, -0.2) is 9.59 Å². The van der Waals surface area contributed by atoms with E-state index in [2.05, 4.69) is 0 Å². The van der Waals surface area contributed by atoms with Crippen LogP contribution in [0, 0.1) is 6.92 Å². The smallest absolute Gasteiger partial charge is 0.335 e. The zero-order valence-electron chi connectivity index (χ0n) is 16.5. The van der Waals surface area contributed by atoms with Gasteiger partial charge in [0.1, 0.15) is 17.6 Å². The van der Waals surface area contributed by atoms with Gasteiger partial charge in [-0.1, -0.05) is 12.1 Å². The number of carbonyl (C=O) groups excluding carboxylic acids is 3. The van der Waals surface area contributed by atoms with Crippen molar-refractivity contribution in [3.8, 4) is 11.3 Å². The number of thioether (sulfide) groups is 1. The molecule has 156 valence electrons. The third-order valence-electron chi connectivity index (χ3n) is 4.57. The van der Waals surface area contributed by atoms with Gasteiger partial charge in [0.05, 0.1) is 17.1 Å². The van der Waals surface area contributed by atoms with E-state index in [0.717, 1.165) is 4.90 Å². The Labute approximate surface area is 176 Å². The number of benzene rings is 1. The molecule has 0 radical (unpaired) electrons. The SMILES string of the molecule is CCOC(=O)C(C)N1C(=O)S/C(=C/c2ccc(-c3cccc(C(=O)O)c3C)o2)C1=O. The number of furan rings is 1. The van der Waals surface area contributed by atoms with E-state index in [1.165, 1.54) is 19.1 Å². The van der Waals surface area contributed by atoms with Crippen LogP contribution in [-0.4, -0.2) is 45.7 Å². The zero-order valence-corrected chi connectivity index (χ0v) is 17.3. The first-order valence-electron chi connectivity index (χ1n) is 9.11. The maximum Gasteiger partial charge on any atom is 0.335 e. The summed E-state index contributed by atoms with van der Waals surface area (Å²) in [6.07, 6.45) is 1.42. The highest BCUT2D eigenvalue weighted by Gasteiger charge is 2.41. The average Bonchev–Trinajstić information content (AvgIpc) is 3.26. The highest BCUT2D eigenvalue weighted by Crippen LogP contribution is 2.35. The first-order valence-corrected chi connectivity index (χ1v) is 9.93. The van der Waals surface area contributed by atoms with Gasteiger partial charge in [-0.2, -0.15) is 0 Å². The normalized spacial score (nSPS) is 16.2. The van der Waals surface area contributed by atoms with Crippen LogP contribution < -0.4 is 0 Å². The molecule has 1 aromatic carbocycles. The molecule has 2 aromatic rings. The number of ether oxygens (including phenoxy) is 1. The Balaban J connectivity index is 1.86. The van der Waals surface area contributed by atoms with E-state index in [1.807, 2.05) is 0 Å². The molecule has 1 atom stereocenters. The summed E-state index contributed by atoms with van der Waals surface area (Å²) in [5.74, 6) is -1.55. The lowest BCUT2D eigenvalue weighted by molar-refractivity contribution is -0.150. The fraction of sp³-hybridized carbons (Fsp3) is 0.238. The van der Waals surface area contributed by atoms with E-state index >= 15 is 0 Å². The van der Waals surface area contributed by atoms with Gasteiger partial charge in [-0.15, -0.1) is 0 Å². The first kappa shape index (κ1) is 21.4. The Bertz CT molecular complexity index is 1070. The molecule has 1 saturated heterocycles. The van der Waals surface area contributed by atoms with Gasteiger partial charge >= 0.3 is 11.9 Å². The molecule has 30 heavy (non-hydrogen) atoms. The van der Waals surface area contributed by atoms with Crippen LogP contribution in [0.25, 0.3) is 17.4 Å². The van der Waals surface area contributed by atoms with Crippen molar-refractivity contribution in [3.05, 3.63) is 52.1 Å². The van der Waals surface area contributed by atoms with Gasteiger partial charge in [-0.05, 0) is 56.3 Å². The molecule has 3 rings (SSSR count). The molecule has 1 N–H and O–H groups in total. The molecule has 2 heterocycles. The lowest BCUT2D eigenvalue weighted by atomic mass is 10.0. The second kappa shape index (κ2) is 8.58. The Hall–Kier alpha value is -3.33. The number of carboxylic acids is 1. The van der Waals surface area contributed by atoms with Gasteiger partial charge < -0.3 is 14.3 Å². The van der Waals surface area contributed by atoms with Gasteiger partial charge in [0.25, 0.3) is 11.1 Å². The van der Waals surface area contributed by atoms with E-state index < -0.39 is 29.1 Å². The molecular weight excluding hydrogens is 410 g/mol. The number of esters is 1. The van der Waals surface area contributed by atoms with Crippen LogP contribution in [0.3, 0.4) is 0 Å². The molecular formula is C21H19NO7S. The molecule has 8 nitrogen and oxygen atoms in total. The van der Waals surface area contributed by atoms with E-state index in [0.29, 0.717) is 34.4 Å². The summed E-state index contributed by atoms with van der Waals surface area (Å²) in [5, 5.41) is 8.71. The monoisotopic (exact) mass is 429 g/mol. The van der Waals surface area contributed by atoms with Crippen LogP contribution in [0.4, 0.5) is 4.79 Å². The molecule has 9 heteroatoms. The van der Waals surface area contributed by atoms with Crippen LogP contribution in [-0.2, 0) is 14.3 Å². The van der Waals surface area contributed by atoms with Crippen molar-refractivity contribution in [1.29, 1.82) is 0 Å². The highest BCUT2D eigenvalue weighted by molar-refractivity contribution is 8.18. The number of aromatic carboxylic acids is 1. The summed E-state index contributed by atoms with van der Waals surface area (Å²) >= 11 is 0.708. The molecule has 1 aromatic heterocycles. The Morgan fingerprint density at radius 3 is 2.67 bits per heavy atom. The van der Waals surface area contributed by atoms with Gasteiger partial charge in [-0.3, -0.25) is 14.5 Å². The lowest BCUT2D eigenvalue weighted by Crippen LogP contribution is -2.42. The largest absolute Gasteiger partial charge is 0.478 e. The standard InChI is InChI=1S/C21H19NO7S/c1-4-28-20(26)12(3)22-18(23)17(30-21(22)27)10-13-8-9-16(29-13)14-6-5-7-15(11(14)2)19(24)25/h5-10,12H,4H2,1-3H3,(H,24,25)/b17-10+. The van der Waals surface area contributed by atoms with Crippen LogP contribution in [0.5, 0.6) is 0 Å². The summed E-state index contributed by atoms with van der Waals surface area (Å²) in [7, 11) is 0. The van der Waals surface area contributed by atoms with Crippen molar-refractivity contribution in [2.75, 3.05) is 6.61 Å². The Morgan fingerprint density at radius 1 is 1.27 bits per heavy atom. The molecule has 2 amide bonds. The summed E-state index contributed by atoms with van der Waals surface area (Å²) < 4.78 is 10.6. The predicted molar refractivity (Wildman–Crippen MR) is 110 cm³/mol. The van der Waals surface area contributed by atoms with Gasteiger partial charge in [0.15, 0.2) is 0 Å². The summed E-state index contributed by atoms with van der Waals surface area (Å²) in [6.45, 7) is 4.90. The predicted octanol–water partition coefficient (Wildman–Crippen LogP) is 3.94. The fourth-order valence-electron chi connectivity index (χ4n) is 3.02. The lowest BCUT2D eigenvalue weighted by Gasteiger charge is -2.19. The Kier molecular flexibility index (Phi) is 6.12. The number of carbonyl (C=O) groups is 4. The second-order valence-corrected chi connectivity index (χ2v) is 7.46. The number of nitrogens with zero attached hydrogens (tertiary/aromatic N) is 1. The number of rotatable bonds is 6. The third kappa shape index (κ3) is 4.02. The second-order valence-electron chi connectivity index (χ2n) is 6.47. The Morgan fingerprint density at radius 2 is 2.00 bits per heavy atom. The van der Waals surface area contributed by atoms with Crippen LogP contribution in [0.1, 0.15) is 35.5 Å². The molecule has 0 bridgehead atoms. The van der Waals surface area contributed by atoms with Gasteiger partial charge in [0, 0.05) is 11.6 Å². The van der Waals surface area contributed by atoms with E-state index in [9.17, 15) is 24.3 Å². The minimum Gasteiger partial charge on any atom is -0.478 e. The molecule has 1 aliphatic rings. The van der Waals surface area contributed by atoms with Crippen molar-refractivity contribution < 1.29 is 33.4 Å². The molecule has 1 aliphatic heterocycles. The van der Waals surface area contributed by atoms with E-state index in [4.69, 9.17) is 9.15 Å². The minimum atomic E-state index is -1.04. The topological polar surface area (TPSA) is 114 Å². The number of amides is 2. The molecule has 1 unspecified atom stereocenters. The maximum absolute atomic E-state index is 12.6. The number of hydrogen-bond acceptors (Lipinski definition) is 7. The number of imide groups is 1. The van der Waals surface area contributed by atoms with Crippen molar-refractivity contribution in [3.63, 3.8) is 0 Å². The maximum atomic E-state index is 12.6. The zero-order chi connectivity index (χ0) is 22.0. The van der Waals surface area contributed by atoms with Crippen molar-refractivity contribution in [2.24, 2.45) is 0 Å². The third-order valence-corrected chi connectivity index (χ3v) is 5.45. The first-order chi connectivity index (χ1) is 14.2. The highest BCUT2D eigenvalue weighted by atomic mass is 32.2. The average molecular weight is 429 g/mol. The van der Waals surface area contributed by atoms with Crippen LogP contribution in [0.2, 0.25) is 0 Å². The van der Waals surface area contributed by atoms with Crippen molar-refractivity contribution in [2.45, 2.75) is 26.8 Å². The van der Waals surface area contributed by atoms with Gasteiger partial charge in [0.2, 0.25) is 0 Å². The summed E-state index contributed by atoms with van der Waals surface area (Å²) in [5.41, 5.74) is 1.33. The molecule has 0 saturated carbocycles. The number of hydrogen-bond donors (Lipinski definition) is 1. The minimum absolute atomic E-state index is 0.119. The summed E-state index contributed by atoms with van der Waals surface area (Å²) in [4.78, 5) is 49.1. The van der Waals surface area contributed by atoms with Crippen LogP contribution >= 0.6 is 11.8 Å². The summed E-state index contributed by atoms with van der Waals surface area (Å²) in [6, 6.07) is 7.11. The van der Waals surface area contributed by atoms with Crippen molar-refractivity contribution in [1.82, 2.24) is 4.90 Å². The quantitative estimate of drug-likeness (QED) is 0.542. The molecule has 0 spiro atoms. The van der Waals surface area contributed by atoms with Crippen molar-refractivity contribution >= 4 is 40.9 Å². The van der Waals surface area contributed by atoms with E-state index in [1.54, 1.807) is 38.1 Å². The fourth-order valence-corrected chi connectivity index (χ4v) is 3.91. The van der Waals surface area contributed by atoms with Crippen LogP contribution in [0.15, 0.2) is 39.7 Å². The number of carboxylic acid groups (broad SMARTS) is 1. The van der Waals surface area contributed by atoms with E-state index in [-0.39, 0.29) is 17.1 Å². The molecule has 1 fully saturated rings.